The molecule has 0 aliphatic rings. The standard InChI is InChI=1S/C9H12O4/c1-6-3-4-7(13-6)9(2,5-10)8(11)12/h3-4,10H,5H2,1-2H3,(H,11,12). The van der Waals surface area contributed by atoms with Gasteiger partial charge in [0.25, 0.3) is 0 Å². The van der Waals surface area contributed by atoms with E-state index >= 15 is 0 Å². The van der Waals surface area contributed by atoms with Crippen LogP contribution in [0.1, 0.15) is 18.4 Å². The third-order valence-corrected chi connectivity index (χ3v) is 2.07. The third kappa shape index (κ3) is 1.58. The quantitative estimate of drug-likeness (QED) is 0.732. The molecular weight excluding hydrogens is 172 g/mol. The summed E-state index contributed by atoms with van der Waals surface area (Å²) >= 11 is 0. The Labute approximate surface area is 75.8 Å². The molecule has 0 radical (unpaired) electrons. The van der Waals surface area contributed by atoms with Gasteiger partial charge in [0.15, 0.2) is 0 Å². The number of rotatable bonds is 3. The van der Waals surface area contributed by atoms with Crippen LogP contribution in [-0.4, -0.2) is 22.8 Å². The second-order valence-electron chi connectivity index (χ2n) is 3.21. The molecule has 2 N–H and O–H groups in total. The fourth-order valence-electron chi connectivity index (χ4n) is 0.982. The Morgan fingerprint density at radius 1 is 1.62 bits per heavy atom. The van der Waals surface area contributed by atoms with E-state index in [-0.39, 0.29) is 5.76 Å². The van der Waals surface area contributed by atoms with Gasteiger partial charge in [-0.3, -0.25) is 4.79 Å². The summed E-state index contributed by atoms with van der Waals surface area (Å²) in [4.78, 5) is 10.8. The van der Waals surface area contributed by atoms with E-state index in [9.17, 15) is 4.79 Å². The van der Waals surface area contributed by atoms with Crippen LogP contribution in [0.2, 0.25) is 0 Å². The Hall–Kier alpha value is -1.29. The van der Waals surface area contributed by atoms with Crippen molar-refractivity contribution in [3.8, 4) is 0 Å². The lowest BCUT2D eigenvalue weighted by atomic mass is 9.89. The summed E-state index contributed by atoms with van der Waals surface area (Å²) in [5, 5.41) is 17.9. The number of hydrogen-bond acceptors (Lipinski definition) is 3. The van der Waals surface area contributed by atoms with Crippen molar-refractivity contribution >= 4 is 5.97 Å². The third-order valence-electron chi connectivity index (χ3n) is 2.07. The molecule has 0 saturated carbocycles. The fraction of sp³-hybridized carbons (Fsp3) is 0.444. The highest BCUT2D eigenvalue weighted by Crippen LogP contribution is 2.25. The molecule has 1 aromatic heterocycles. The molecule has 1 rings (SSSR count). The van der Waals surface area contributed by atoms with Gasteiger partial charge in [0, 0.05) is 0 Å². The fourth-order valence-corrected chi connectivity index (χ4v) is 0.982. The summed E-state index contributed by atoms with van der Waals surface area (Å²) in [6, 6.07) is 3.24. The smallest absolute Gasteiger partial charge is 0.319 e. The van der Waals surface area contributed by atoms with Gasteiger partial charge in [-0.1, -0.05) is 0 Å². The molecule has 0 spiro atoms. The number of aliphatic hydroxyl groups excluding tert-OH is 1. The predicted molar refractivity (Wildman–Crippen MR) is 45.5 cm³/mol. The molecule has 0 fully saturated rings. The number of aryl methyl sites for hydroxylation is 1. The van der Waals surface area contributed by atoms with Crippen molar-refractivity contribution in [2.45, 2.75) is 19.3 Å². The van der Waals surface area contributed by atoms with Crippen molar-refractivity contribution in [1.29, 1.82) is 0 Å². The van der Waals surface area contributed by atoms with Crippen molar-refractivity contribution in [2.75, 3.05) is 6.61 Å². The second-order valence-corrected chi connectivity index (χ2v) is 3.21. The first kappa shape index (κ1) is 9.80. The first-order chi connectivity index (χ1) is 6.00. The molecule has 72 valence electrons. The summed E-state index contributed by atoms with van der Waals surface area (Å²) in [6.07, 6.45) is 0. The van der Waals surface area contributed by atoms with Gasteiger partial charge in [0.2, 0.25) is 0 Å². The summed E-state index contributed by atoms with van der Waals surface area (Å²) < 4.78 is 5.16. The van der Waals surface area contributed by atoms with E-state index in [0.29, 0.717) is 5.76 Å². The van der Waals surface area contributed by atoms with E-state index in [1.807, 2.05) is 0 Å². The van der Waals surface area contributed by atoms with Crippen LogP contribution in [-0.2, 0) is 10.2 Å². The van der Waals surface area contributed by atoms with Crippen molar-refractivity contribution in [3.05, 3.63) is 23.7 Å². The molecule has 0 amide bonds. The first-order valence-electron chi connectivity index (χ1n) is 3.92. The topological polar surface area (TPSA) is 70.7 Å². The molecule has 1 unspecified atom stereocenters. The molecule has 1 aromatic rings. The molecule has 4 nitrogen and oxygen atoms in total. The van der Waals surface area contributed by atoms with Gasteiger partial charge < -0.3 is 14.6 Å². The largest absolute Gasteiger partial charge is 0.480 e. The Morgan fingerprint density at radius 3 is 2.54 bits per heavy atom. The monoisotopic (exact) mass is 184 g/mol. The number of aliphatic carboxylic acids is 1. The Kier molecular flexibility index (Phi) is 2.43. The molecule has 0 saturated heterocycles. The SMILES string of the molecule is Cc1ccc(C(C)(CO)C(=O)O)o1. The van der Waals surface area contributed by atoms with Gasteiger partial charge in [0.05, 0.1) is 6.61 Å². The van der Waals surface area contributed by atoms with Crippen molar-refractivity contribution < 1.29 is 19.4 Å². The van der Waals surface area contributed by atoms with Crippen LogP contribution < -0.4 is 0 Å². The lowest BCUT2D eigenvalue weighted by Gasteiger charge is -2.18. The summed E-state index contributed by atoms with van der Waals surface area (Å²) in [5.41, 5.74) is -1.34. The predicted octanol–water partition coefficient (Wildman–Crippen LogP) is 0.923. The molecule has 1 atom stereocenters. The maximum atomic E-state index is 10.8. The van der Waals surface area contributed by atoms with Crippen LogP contribution in [0.15, 0.2) is 16.5 Å². The minimum Gasteiger partial charge on any atom is -0.480 e. The highest BCUT2D eigenvalue weighted by atomic mass is 16.4. The molecule has 0 aliphatic carbocycles. The minimum absolute atomic E-state index is 0.278. The van der Waals surface area contributed by atoms with Crippen LogP contribution >= 0.6 is 0 Å². The number of furan rings is 1. The highest BCUT2D eigenvalue weighted by molar-refractivity contribution is 5.80. The number of carboxylic acid groups (broad SMARTS) is 1. The number of hydrogen-bond donors (Lipinski definition) is 2. The summed E-state index contributed by atoms with van der Waals surface area (Å²) in [7, 11) is 0. The average Bonchev–Trinajstić information content (AvgIpc) is 2.50. The molecule has 0 aromatic carbocycles. The number of carbonyl (C=O) groups is 1. The zero-order valence-corrected chi connectivity index (χ0v) is 7.57. The van der Waals surface area contributed by atoms with Crippen molar-refractivity contribution in [3.63, 3.8) is 0 Å². The molecule has 13 heavy (non-hydrogen) atoms. The Bertz CT molecular complexity index is 315. The van der Waals surface area contributed by atoms with Crippen molar-refractivity contribution in [2.24, 2.45) is 0 Å². The highest BCUT2D eigenvalue weighted by Gasteiger charge is 2.37. The zero-order valence-electron chi connectivity index (χ0n) is 7.57. The minimum atomic E-state index is -1.34. The second kappa shape index (κ2) is 3.22. The van der Waals surface area contributed by atoms with Crippen LogP contribution in [0.5, 0.6) is 0 Å². The van der Waals surface area contributed by atoms with Gasteiger partial charge >= 0.3 is 5.97 Å². The van der Waals surface area contributed by atoms with E-state index in [4.69, 9.17) is 14.6 Å². The maximum Gasteiger partial charge on any atom is 0.319 e. The average molecular weight is 184 g/mol. The van der Waals surface area contributed by atoms with Crippen LogP contribution in [0.4, 0.5) is 0 Å². The summed E-state index contributed by atoms with van der Waals surface area (Å²) in [6.45, 7) is 2.67. The Balaban J connectivity index is 3.09. The van der Waals surface area contributed by atoms with E-state index < -0.39 is 18.0 Å². The van der Waals surface area contributed by atoms with E-state index in [2.05, 4.69) is 0 Å². The number of carboxylic acids is 1. The number of aliphatic hydroxyl groups is 1. The normalized spacial score (nSPS) is 15.3. The molecule has 0 aliphatic heterocycles. The zero-order chi connectivity index (χ0) is 10.1. The van der Waals surface area contributed by atoms with Gasteiger partial charge in [-0.05, 0) is 26.0 Å². The lowest BCUT2D eigenvalue weighted by molar-refractivity contribution is -0.145. The van der Waals surface area contributed by atoms with Gasteiger partial charge in [0.1, 0.15) is 16.9 Å². The van der Waals surface area contributed by atoms with Crippen LogP contribution in [0, 0.1) is 6.92 Å². The lowest BCUT2D eigenvalue weighted by Crippen LogP contribution is -2.35. The van der Waals surface area contributed by atoms with Crippen molar-refractivity contribution in [1.82, 2.24) is 0 Å². The van der Waals surface area contributed by atoms with E-state index in [0.717, 1.165) is 0 Å². The van der Waals surface area contributed by atoms with E-state index in [1.165, 1.54) is 6.92 Å². The van der Waals surface area contributed by atoms with Gasteiger partial charge in [-0.15, -0.1) is 0 Å². The molecule has 0 bridgehead atoms. The first-order valence-corrected chi connectivity index (χ1v) is 3.92. The van der Waals surface area contributed by atoms with Crippen LogP contribution in [0.25, 0.3) is 0 Å². The van der Waals surface area contributed by atoms with Gasteiger partial charge in [-0.25, -0.2) is 0 Å². The van der Waals surface area contributed by atoms with E-state index in [1.54, 1.807) is 19.1 Å². The molecular formula is C9H12O4. The maximum absolute atomic E-state index is 10.8. The van der Waals surface area contributed by atoms with Gasteiger partial charge in [-0.2, -0.15) is 0 Å². The molecule has 1 heterocycles. The molecule has 4 heteroatoms. The Morgan fingerprint density at radius 2 is 2.23 bits per heavy atom. The van der Waals surface area contributed by atoms with Crippen LogP contribution in [0.3, 0.4) is 0 Å². The summed E-state index contributed by atoms with van der Waals surface area (Å²) in [5.74, 6) is -0.180.